The molecule has 5 nitrogen and oxygen atoms in total. The fourth-order valence-electron chi connectivity index (χ4n) is 3.66. The number of nitrogens with zero attached hydrogens (tertiary/aromatic N) is 2. The van der Waals surface area contributed by atoms with Gasteiger partial charge in [-0.05, 0) is 63.0 Å². The van der Waals surface area contributed by atoms with Crippen molar-refractivity contribution < 1.29 is 4.79 Å². The van der Waals surface area contributed by atoms with E-state index in [2.05, 4.69) is 53.3 Å². The largest absolute Gasteiger partial charge is 0.346 e. The summed E-state index contributed by atoms with van der Waals surface area (Å²) in [4.78, 5) is 14.7. The summed E-state index contributed by atoms with van der Waals surface area (Å²) in [6, 6.07) is 8.27. The normalized spacial score (nSPS) is 19.2. The smallest absolute Gasteiger partial charge is 0.227 e. The Morgan fingerprint density at radius 2 is 2.04 bits per heavy atom. The number of carbonyl (C=O) groups is 1. The van der Waals surface area contributed by atoms with Gasteiger partial charge in [0.1, 0.15) is 0 Å². The maximum absolute atomic E-state index is 12.6. The number of amides is 1. The number of fused-ring (bicyclic) bond motifs is 1. The average molecular weight is 401 g/mol. The molecule has 1 fully saturated rings. The van der Waals surface area contributed by atoms with E-state index >= 15 is 0 Å². The van der Waals surface area contributed by atoms with Crippen molar-refractivity contribution in [3.8, 4) is 0 Å². The van der Waals surface area contributed by atoms with Gasteiger partial charge in [0, 0.05) is 30.9 Å². The third-order valence-corrected chi connectivity index (χ3v) is 5.13. The van der Waals surface area contributed by atoms with Crippen molar-refractivity contribution in [1.29, 1.82) is 0 Å². The van der Waals surface area contributed by atoms with Crippen LogP contribution in [0.5, 0.6) is 0 Å². The molecule has 1 saturated carbocycles. The summed E-state index contributed by atoms with van der Waals surface area (Å²) >= 11 is 0. The molecule has 1 amide bonds. The summed E-state index contributed by atoms with van der Waals surface area (Å²) in [5.74, 6) is 0.512. The second-order valence-corrected chi connectivity index (χ2v) is 7.11. The van der Waals surface area contributed by atoms with Crippen LogP contribution in [0.25, 0.3) is 10.9 Å². The molecule has 7 heteroatoms. The molecular formula is C19H30Cl2N4O. The van der Waals surface area contributed by atoms with Gasteiger partial charge < -0.3 is 20.5 Å². The Morgan fingerprint density at radius 3 is 2.73 bits per heavy atom. The maximum atomic E-state index is 12.6. The number of nitrogens with two attached hydrogens (primary N) is 1. The lowest BCUT2D eigenvalue weighted by atomic mass is 9.95. The highest BCUT2D eigenvalue weighted by Crippen LogP contribution is 2.32. The van der Waals surface area contributed by atoms with Gasteiger partial charge in [0.05, 0.1) is 5.52 Å². The molecule has 146 valence electrons. The number of anilines is 1. The molecule has 3 N–H and O–H groups in total. The van der Waals surface area contributed by atoms with Crippen LogP contribution in [0.2, 0.25) is 0 Å². The summed E-state index contributed by atoms with van der Waals surface area (Å²) in [6.45, 7) is 2.52. The molecule has 1 aliphatic rings. The lowest BCUT2D eigenvalue weighted by Gasteiger charge is -2.17. The Kier molecular flexibility index (Phi) is 8.90. The predicted octanol–water partition coefficient (Wildman–Crippen LogP) is 3.36. The first-order valence-electron chi connectivity index (χ1n) is 8.83. The fourth-order valence-corrected chi connectivity index (χ4v) is 3.66. The number of aromatic nitrogens is 1. The highest BCUT2D eigenvalue weighted by molar-refractivity contribution is 5.95. The zero-order valence-corrected chi connectivity index (χ0v) is 17.1. The van der Waals surface area contributed by atoms with Gasteiger partial charge in [-0.15, -0.1) is 24.8 Å². The summed E-state index contributed by atoms with van der Waals surface area (Å²) < 4.78 is 2.24. The number of benzene rings is 1. The molecule has 1 heterocycles. The molecule has 1 aromatic carbocycles. The van der Waals surface area contributed by atoms with Crippen LogP contribution in [0.15, 0.2) is 30.5 Å². The Morgan fingerprint density at radius 1 is 1.27 bits per heavy atom. The Bertz CT molecular complexity index is 717. The molecule has 3 rings (SSSR count). The van der Waals surface area contributed by atoms with Crippen LogP contribution in [-0.4, -0.2) is 42.6 Å². The zero-order chi connectivity index (χ0) is 17.1. The van der Waals surface area contributed by atoms with E-state index in [-0.39, 0.29) is 36.6 Å². The molecule has 0 aliphatic heterocycles. The second kappa shape index (κ2) is 10.2. The molecule has 0 bridgehead atoms. The number of likely N-dealkylation sites (N-methyl/N-ethyl adjacent to an activating group) is 1. The first kappa shape index (κ1) is 22.8. The fraction of sp³-hybridized carbons (Fsp3) is 0.526. The van der Waals surface area contributed by atoms with Crippen molar-refractivity contribution in [2.45, 2.75) is 25.8 Å². The molecular weight excluding hydrogens is 371 g/mol. The van der Waals surface area contributed by atoms with Crippen molar-refractivity contribution in [3.05, 3.63) is 30.5 Å². The van der Waals surface area contributed by atoms with Gasteiger partial charge in [-0.2, -0.15) is 0 Å². The van der Waals surface area contributed by atoms with E-state index in [1.807, 2.05) is 6.07 Å². The van der Waals surface area contributed by atoms with Crippen LogP contribution in [0.1, 0.15) is 19.3 Å². The van der Waals surface area contributed by atoms with E-state index in [4.69, 9.17) is 5.73 Å². The maximum Gasteiger partial charge on any atom is 0.227 e. The van der Waals surface area contributed by atoms with E-state index in [0.29, 0.717) is 12.5 Å². The van der Waals surface area contributed by atoms with Gasteiger partial charge in [0.25, 0.3) is 0 Å². The van der Waals surface area contributed by atoms with Crippen LogP contribution >= 0.6 is 24.8 Å². The van der Waals surface area contributed by atoms with E-state index in [0.717, 1.165) is 43.6 Å². The van der Waals surface area contributed by atoms with E-state index in [1.54, 1.807) is 0 Å². The zero-order valence-electron chi connectivity index (χ0n) is 15.5. The third-order valence-electron chi connectivity index (χ3n) is 5.13. The highest BCUT2D eigenvalue weighted by Gasteiger charge is 2.31. The van der Waals surface area contributed by atoms with Gasteiger partial charge in [0.15, 0.2) is 0 Å². The minimum Gasteiger partial charge on any atom is -0.346 e. The number of hydrogen-bond donors (Lipinski definition) is 2. The van der Waals surface area contributed by atoms with Crippen molar-refractivity contribution in [3.63, 3.8) is 0 Å². The highest BCUT2D eigenvalue weighted by atomic mass is 35.5. The van der Waals surface area contributed by atoms with Gasteiger partial charge in [-0.25, -0.2) is 0 Å². The standard InChI is InChI=1S/C19H28N4O.2ClH/c1-22(2)10-11-23-9-8-14-6-7-16(12-18(14)23)21-19(24)17-5-3-4-15(17)13-20;;/h6-9,12,15,17H,3-5,10-11,13,20H2,1-2H3,(H,21,24);2*1H/t15-,17-;;/m1../s1. The van der Waals surface area contributed by atoms with Crippen LogP contribution < -0.4 is 11.1 Å². The topological polar surface area (TPSA) is 63.3 Å². The lowest BCUT2D eigenvalue weighted by Crippen LogP contribution is -2.29. The molecule has 1 aromatic heterocycles. The average Bonchev–Trinajstić information content (AvgIpc) is 3.19. The number of halogens is 2. The van der Waals surface area contributed by atoms with Crippen molar-refractivity contribution in [2.24, 2.45) is 17.6 Å². The summed E-state index contributed by atoms with van der Waals surface area (Å²) in [5, 5.41) is 4.31. The Hall–Kier alpha value is -1.27. The van der Waals surface area contributed by atoms with Crippen molar-refractivity contribution in [1.82, 2.24) is 9.47 Å². The van der Waals surface area contributed by atoms with Gasteiger partial charge in [0.2, 0.25) is 5.91 Å². The minimum absolute atomic E-state index is 0. The molecule has 1 aliphatic carbocycles. The van der Waals surface area contributed by atoms with Crippen molar-refractivity contribution >= 4 is 47.3 Å². The molecule has 2 aromatic rings. The summed E-state index contributed by atoms with van der Waals surface area (Å²) in [5.41, 5.74) is 7.84. The molecule has 0 radical (unpaired) electrons. The van der Waals surface area contributed by atoms with E-state index < -0.39 is 0 Å². The van der Waals surface area contributed by atoms with Crippen LogP contribution in [0, 0.1) is 11.8 Å². The first-order chi connectivity index (χ1) is 11.6. The van der Waals surface area contributed by atoms with E-state index in [9.17, 15) is 4.79 Å². The second-order valence-electron chi connectivity index (χ2n) is 7.11. The van der Waals surface area contributed by atoms with Gasteiger partial charge in [-0.1, -0.05) is 12.5 Å². The molecule has 26 heavy (non-hydrogen) atoms. The van der Waals surface area contributed by atoms with Gasteiger partial charge >= 0.3 is 0 Å². The number of nitrogens with one attached hydrogen (secondary N) is 1. The quantitative estimate of drug-likeness (QED) is 0.780. The van der Waals surface area contributed by atoms with Crippen LogP contribution in [0.4, 0.5) is 5.69 Å². The Labute approximate surface area is 168 Å². The monoisotopic (exact) mass is 400 g/mol. The molecule has 2 atom stereocenters. The third kappa shape index (κ3) is 5.13. The summed E-state index contributed by atoms with van der Waals surface area (Å²) in [7, 11) is 4.15. The van der Waals surface area contributed by atoms with Crippen molar-refractivity contribution in [2.75, 3.05) is 32.5 Å². The van der Waals surface area contributed by atoms with E-state index in [1.165, 1.54) is 5.39 Å². The number of rotatable bonds is 6. The molecule has 0 saturated heterocycles. The summed E-state index contributed by atoms with van der Waals surface area (Å²) in [6.07, 6.45) is 5.24. The van der Waals surface area contributed by atoms with Crippen LogP contribution in [-0.2, 0) is 11.3 Å². The Balaban J connectivity index is 0.00000169. The SMILES string of the molecule is CN(C)CCn1ccc2ccc(NC(=O)[C@@H]3CCC[C@@H]3CN)cc21.Cl.Cl. The minimum atomic E-state index is 0. The first-order valence-corrected chi connectivity index (χ1v) is 8.83. The number of hydrogen-bond acceptors (Lipinski definition) is 3. The molecule has 0 spiro atoms. The lowest BCUT2D eigenvalue weighted by molar-refractivity contribution is -0.120. The van der Waals surface area contributed by atoms with Gasteiger partial charge in [-0.3, -0.25) is 4.79 Å². The number of carbonyl (C=O) groups excluding carboxylic acids is 1. The van der Waals surface area contributed by atoms with Crippen LogP contribution in [0.3, 0.4) is 0 Å². The molecule has 0 unspecified atom stereocenters. The predicted molar refractivity (Wildman–Crippen MR) is 114 cm³/mol.